The predicted molar refractivity (Wildman–Crippen MR) is 315 cm³/mol. The molecule has 0 unspecified atom stereocenters. The number of hydrogen-bond donors (Lipinski definition) is 4. The van der Waals surface area contributed by atoms with Gasteiger partial charge in [0.15, 0.2) is 0 Å². The minimum atomic E-state index is -4.34. The SMILES string of the molecule is COCCCC/C(=N\OCCN)c1ccc(C(F)(F)F)cc1.COCCCC/C(=N\OCCN)c1ccc(C(F)(F)F)cc1.COCCCC/C(=N\OCCN)c1ccc(C(F)(F)F)cc1.COCCCC/C(=N\OCCN)c1ccc(C(F)(F)F)cc1. The van der Waals surface area contributed by atoms with E-state index in [0.29, 0.717) is 123 Å². The minimum Gasteiger partial charge on any atom is -0.394 e. The molecule has 0 aliphatic carbocycles. The van der Waals surface area contributed by atoms with Crippen molar-refractivity contribution in [3.05, 3.63) is 142 Å². The molecule has 0 heterocycles. The van der Waals surface area contributed by atoms with Crippen molar-refractivity contribution in [1.29, 1.82) is 0 Å². The van der Waals surface area contributed by atoms with Gasteiger partial charge in [-0.2, -0.15) is 52.7 Å². The second kappa shape index (κ2) is 45.8. The van der Waals surface area contributed by atoms with Crippen LogP contribution in [0.15, 0.2) is 118 Å². The summed E-state index contributed by atoms with van der Waals surface area (Å²) in [6.07, 6.45) is -8.40. The van der Waals surface area contributed by atoms with Gasteiger partial charge < -0.3 is 61.2 Å². The topological polar surface area (TPSA) is 227 Å². The van der Waals surface area contributed by atoms with Crippen LogP contribution in [0.5, 0.6) is 0 Å². The fourth-order valence-corrected chi connectivity index (χ4v) is 7.24. The zero-order valence-electron chi connectivity index (χ0n) is 50.1. The summed E-state index contributed by atoms with van der Waals surface area (Å²) in [7, 11) is 6.48. The summed E-state index contributed by atoms with van der Waals surface area (Å²) in [6.45, 7) is 4.89. The number of hydrogen-bond acceptors (Lipinski definition) is 16. The molecule has 0 fully saturated rings. The van der Waals surface area contributed by atoms with E-state index in [1.165, 1.54) is 48.5 Å². The van der Waals surface area contributed by atoms with Crippen LogP contribution >= 0.6 is 0 Å². The quantitative estimate of drug-likeness (QED) is 0.0144. The molecule has 0 atom stereocenters. The number of nitrogens with two attached hydrogens (primary N) is 4. The highest BCUT2D eigenvalue weighted by Gasteiger charge is 2.33. The minimum absolute atomic E-state index is 0.266. The van der Waals surface area contributed by atoms with E-state index >= 15 is 0 Å². The number of benzene rings is 4. The van der Waals surface area contributed by atoms with Gasteiger partial charge in [-0.3, -0.25) is 0 Å². The van der Waals surface area contributed by atoms with E-state index in [1.807, 2.05) is 0 Å². The molecule has 0 bridgehead atoms. The molecule has 0 aromatic heterocycles. The first-order valence-electron chi connectivity index (χ1n) is 28.2. The molecule has 88 heavy (non-hydrogen) atoms. The Bertz CT molecular complexity index is 2190. The molecule has 8 N–H and O–H groups in total. The maximum atomic E-state index is 12.6. The predicted octanol–water partition coefficient (Wildman–Crippen LogP) is 12.8. The number of nitrogens with zero attached hydrogens (tertiary/aromatic N) is 4. The van der Waals surface area contributed by atoms with Gasteiger partial charge in [-0.05, 0) is 148 Å². The molecule has 0 aliphatic heterocycles. The van der Waals surface area contributed by atoms with Gasteiger partial charge in [-0.1, -0.05) is 69.2 Å². The first-order chi connectivity index (χ1) is 41.9. The lowest BCUT2D eigenvalue weighted by atomic mass is 10.0. The average molecular weight is 1270 g/mol. The summed E-state index contributed by atoms with van der Waals surface area (Å²) in [4.78, 5) is 20.3. The molecular formula is C60H84F12N8O8. The van der Waals surface area contributed by atoms with E-state index in [1.54, 1.807) is 28.4 Å². The Kier molecular flexibility index (Phi) is 41.4. The summed E-state index contributed by atoms with van der Waals surface area (Å²) in [6, 6.07) is 19.6. The highest BCUT2D eigenvalue weighted by molar-refractivity contribution is 6.01. The summed E-state index contributed by atoms with van der Waals surface area (Å²) in [5, 5.41) is 16.0. The highest BCUT2D eigenvalue weighted by Crippen LogP contribution is 2.32. The van der Waals surface area contributed by atoms with E-state index in [-0.39, 0.29) is 26.4 Å². The fourth-order valence-electron chi connectivity index (χ4n) is 7.24. The third-order valence-corrected chi connectivity index (χ3v) is 11.8. The normalized spacial score (nSPS) is 12.5. The molecule has 0 aliphatic rings. The highest BCUT2D eigenvalue weighted by atomic mass is 19.4. The van der Waals surface area contributed by atoms with Crippen molar-refractivity contribution in [3.63, 3.8) is 0 Å². The molecule has 16 nitrogen and oxygen atoms in total. The first-order valence-corrected chi connectivity index (χ1v) is 28.2. The standard InChI is InChI=1S/4C15H21F3N2O2/c4*1-21-10-3-2-4-14(20-22-11-9-19)12-5-7-13(8-6-12)15(16,17)18/h4*5-8H,2-4,9-11,19H2,1H3/b4*20-14+. The number of unbranched alkanes of at least 4 members (excludes halogenated alkanes) is 4. The second-order valence-electron chi connectivity index (χ2n) is 18.7. The van der Waals surface area contributed by atoms with Gasteiger partial charge in [-0.15, -0.1) is 0 Å². The van der Waals surface area contributed by atoms with Crippen molar-refractivity contribution in [2.24, 2.45) is 43.6 Å². The van der Waals surface area contributed by atoms with Crippen LogP contribution in [0.25, 0.3) is 0 Å². The van der Waals surface area contributed by atoms with E-state index in [2.05, 4.69) is 20.6 Å². The molecule has 0 spiro atoms. The smallest absolute Gasteiger partial charge is 0.394 e. The van der Waals surface area contributed by atoms with Crippen LogP contribution in [0.1, 0.15) is 122 Å². The summed E-state index contributed by atoms with van der Waals surface area (Å²) < 4.78 is 171. The summed E-state index contributed by atoms with van der Waals surface area (Å²) >= 11 is 0. The lowest BCUT2D eigenvalue weighted by Crippen LogP contribution is -2.09. The van der Waals surface area contributed by atoms with E-state index in [4.69, 9.17) is 61.2 Å². The molecule has 4 aromatic rings. The van der Waals surface area contributed by atoms with Gasteiger partial charge in [-0.25, -0.2) is 0 Å². The van der Waals surface area contributed by atoms with Crippen LogP contribution in [0.2, 0.25) is 0 Å². The molecule has 0 saturated carbocycles. The number of methoxy groups -OCH3 is 4. The van der Waals surface area contributed by atoms with Crippen molar-refractivity contribution in [2.75, 3.05) is 107 Å². The number of ether oxygens (including phenoxy) is 4. The van der Waals surface area contributed by atoms with Gasteiger partial charge in [0.05, 0.1) is 45.1 Å². The van der Waals surface area contributed by atoms with Crippen LogP contribution in [-0.2, 0) is 63.0 Å². The third kappa shape index (κ3) is 35.6. The van der Waals surface area contributed by atoms with E-state index < -0.39 is 47.0 Å². The first kappa shape index (κ1) is 79.6. The van der Waals surface area contributed by atoms with E-state index in [9.17, 15) is 52.7 Å². The molecule has 0 saturated heterocycles. The molecular weight excluding hydrogens is 1190 g/mol. The number of alkyl halides is 12. The molecule has 4 aromatic carbocycles. The van der Waals surface area contributed by atoms with Gasteiger partial charge in [0, 0.05) is 81.0 Å². The Labute approximate surface area is 506 Å². The van der Waals surface area contributed by atoms with Crippen LogP contribution < -0.4 is 22.9 Å². The lowest BCUT2D eigenvalue weighted by molar-refractivity contribution is -0.138. The zero-order valence-corrected chi connectivity index (χ0v) is 50.1. The Morgan fingerprint density at radius 1 is 0.284 bits per heavy atom. The van der Waals surface area contributed by atoms with Crippen molar-refractivity contribution in [2.45, 2.75) is 102 Å². The number of rotatable bonds is 36. The molecule has 0 amide bonds. The van der Waals surface area contributed by atoms with Crippen LogP contribution in [0.4, 0.5) is 52.7 Å². The Hall–Kier alpha value is -6.40. The van der Waals surface area contributed by atoms with Crippen LogP contribution in [-0.4, -0.2) is 130 Å². The van der Waals surface area contributed by atoms with Gasteiger partial charge >= 0.3 is 24.7 Å². The molecule has 0 radical (unpaired) electrons. The maximum Gasteiger partial charge on any atom is 0.416 e. The lowest BCUT2D eigenvalue weighted by Gasteiger charge is -2.10. The van der Waals surface area contributed by atoms with Crippen molar-refractivity contribution >= 4 is 22.8 Å². The van der Waals surface area contributed by atoms with Gasteiger partial charge in [0.2, 0.25) is 0 Å². The number of halogens is 12. The Morgan fingerprint density at radius 3 is 0.591 bits per heavy atom. The Balaban J connectivity index is 0.000000587. The molecule has 4 rings (SSSR count). The largest absolute Gasteiger partial charge is 0.416 e. The molecule has 496 valence electrons. The van der Waals surface area contributed by atoms with Crippen molar-refractivity contribution < 1.29 is 91.0 Å². The third-order valence-electron chi connectivity index (χ3n) is 11.8. The molecule has 28 heteroatoms. The average Bonchev–Trinajstić information content (AvgIpc) is 3.68. The zero-order chi connectivity index (χ0) is 65.7. The van der Waals surface area contributed by atoms with Crippen LogP contribution in [0.3, 0.4) is 0 Å². The summed E-state index contributed by atoms with van der Waals surface area (Å²) in [5.41, 5.74) is 23.5. The fraction of sp³-hybridized carbons (Fsp3) is 0.533. The Morgan fingerprint density at radius 2 is 0.455 bits per heavy atom. The number of oxime groups is 4. The van der Waals surface area contributed by atoms with Crippen molar-refractivity contribution in [3.8, 4) is 0 Å². The van der Waals surface area contributed by atoms with Crippen molar-refractivity contribution in [1.82, 2.24) is 0 Å². The second-order valence-corrected chi connectivity index (χ2v) is 18.7. The monoisotopic (exact) mass is 1270 g/mol. The van der Waals surface area contributed by atoms with Crippen LogP contribution in [0, 0.1) is 0 Å². The van der Waals surface area contributed by atoms with Gasteiger partial charge in [0.25, 0.3) is 0 Å². The summed E-state index contributed by atoms with van der Waals surface area (Å²) in [5.74, 6) is 0. The maximum absolute atomic E-state index is 12.6. The van der Waals surface area contributed by atoms with E-state index in [0.717, 1.165) is 99.9 Å². The van der Waals surface area contributed by atoms with Gasteiger partial charge in [0.1, 0.15) is 26.4 Å².